The second kappa shape index (κ2) is 8.31. The predicted molar refractivity (Wildman–Crippen MR) is 99.0 cm³/mol. The molecule has 0 saturated carbocycles. The molecule has 0 bridgehead atoms. The number of anilines is 2. The molecule has 4 nitrogen and oxygen atoms in total. The summed E-state index contributed by atoms with van der Waals surface area (Å²) >= 11 is 5.81. The molecule has 24 heavy (non-hydrogen) atoms. The molecule has 2 aromatic rings. The van der Waals surface area contributed by atoms with Crippen LogP contribution in [0.2, 0.25) is 5.02 Å². The fourth-order valence-corrected chi connectivity index (χ4v) is 1.98. The number of hydrogen-bond donors (Lipinski definition) is 2. The van der Waals surface area contributed by atoms with E-state index in [9.17, 15) is 9.59 Å². The Hall–Kier alpha value is -2.59. The van der Waals surface area contributed by atoms with Crippen LogP contribution >= 0.6 is 11.6 Å². The normalized spacial score (nSPS) is 10.8. The topological polar surface area (TPSA) is 58.2 Å². The Balaban J connectivity index is 1.92. The van der Waals surface area contributed by atoms with E-state index >= 15 is 0 Å². The van der Waals surface area contributed by atoms with Crippen molar-refractivity contribution in [3.63, 3.8) is 0 Å². The summed E-state index contributed by atoms with van der Waals surface area (Å²) in [6, 6.07) is 14.2. The minimum atomic E-state index is -0.232. The summed E-state index contributed by atoms with van der Waals surface area (Å²) in [5.41, 5.74) is 2.24. The molecule has 0 aliphatic carbocycles. The third-order valence-electron chi connectivity index (χ3n) is 3.24. The Morgan fingerprint density at radius 3 is 2.00 bits per heavy atom. The van der Waals surface area contributed by atoms with Crippen molar-refractivity contribution < 1.29 is 9.59 Å². The van der Waals surface area contributed by atoms with Crippen molar-refractivity contribution in [2.45, 2.75) is 13.8 Å². The second-order valence-corrected chi connectivity index (χ2v) is 6.03. The molecular formula is C19H19ClN2O2. The van der Waals surface area contributed by atoms with Crippen molar-refractivity contribution in [2.75, 3.05) is 10.6 Å². The first-order valence-electron chi connectivity index (χ1n) is 7.59. The SMILES string of the molecule is CC(C)C(=O)Nc1ccc(NC(=O)/C=C/c2ccc(Cl)cc2)cc1. The Kier molecular flexibility index (Phi) is 6.15. The van der Waals surface area contributed by atoms with Crippen molar-refractivity contribution in [1.29, 1.82) is 0 Å². The molecule has 2 rings (SSSR count). The quantitative estimate of drug-likeness (QED) is 0.781. The van der Waals surface area contributed by atoms with Gasteiger partial charge in [0.25, 0.3) is 0 Å². The van der Waals surface area contributed by atoms with E-state index in [0.717, 1.165) is 5.56 Å². The smallest absolute Gasteiger partial charge is 0.248 e. The fourth-order valence-electron chi connectivity index (χ4n) is 1.85. The number of benzene rings is 2. The highest BCUT2D eigenvalue weighted by atomic mass is 35.5. The summed E-state index contributed by atoms with van der Waals surface area (Å²) in [5.74, 6) is -0.357. The van der Waals surface area contributed by atoms with Crippen LogP contribution in [0.3, 0.4) is 0 Å². The largest absolute Gasteiger partial charge is 0.326 e. The highest BCUT2D eigenvalue weighted by molar-refractivity contribution is 6.30. The molecule has 0 unspecified atom stereocenters. The number of carbonyl (C=O) groups excluding carboxylic acids is 2. The number of nitrogens with one attached hydrogen (secondary N) is 2. The third-order valence-corrected chi connectivity index (χ3v) is 3.49. The van der Waals surface area contributed by atoms with Gasteiger partial charge < -0.3 is 10.6 Å². The molecule has 2 aromatic carbocycles. The van der Waals surface area contributed by atoms with E-state index in [-0.39, 0.29) is 17.7 Å². The summed E-state index contributed by atoms with van der Waals surface area (Å²) in [6.45, 7) is 3.66. The van der Waals surface area contributed by atoms with Gasteiger partial charge in [-0.25, -0.2) is 0 Å². The summed E-state index contributed by atoms with van der Waals surface area (Å²) in [7, 11) is 0. The molecular weight excluding hydrogens is 324 g/mol. The third kappa shape index (κ3) is 5.56. The van der Waals surface area contributed by atoms with Gasteiger partial charge in [0.2, 0.25) is 11.8 Å². The summed E-state index contributed by atoms with van der Waals surface area (Å²) in [5, 5.41) is 6.21. The van der Waals surface area contributed by atoms with Crippen molar-refractivity contribution in [3.8, 4) is 0 Å². The number of carbonyl (C=O) groups is 2. The Morgan fingerprint density at radius 1 is 0.917 bits per heavy atom. The van der Waals surface area contributed by atoms with Gasteiger partial charge in [-0.2, -0.15) is 0 Å². The summed E-state index contributed by atoms with van der Waals surface area (Å²) in [4.78, 5) is 23.5. The molecule has 0 heterocycles. The minimum Gasteiger partial charge on any atom is -0.326 e. The van der Waals surface area contributed by atoms with E-state index < -0.39 is 0 Å². The average Bonchev–Trinajstić information content (AvgIpc) is 2.56. The molecule has 0 atom stereocenters. The van der Waals surface area contributed by atoms with Crippen LogP contribution < -0.4 is 10.6 Å². The van der Waals surface area contributed by atoms with E-state index in [1.165, 1.54) is 6.08 Å². The average molecular weight is 343 g/mol. The summed E-state index contributed by atoms with van der Waals surface area (Å²) < 4.78 is 0. The molecule has 0 fully saturated rings. The van der Waals surface area contributed by atoms with Gasteiger partial charge in [0, 0.05) is 28.4 Å². The van der Waals surface area contributed by atoms with E-state index in [0.29, 0.717) is 16.4 Å². The lowest BCUT2D eigenvalue weighted by atomic mass is 10.2. The van der Waals surface area contributed by atoms with Gasteiger partial charge >= 0.3 is 0 Å². The number of rotatable bonds is 5. The zero-order valence-corrected chi connectivity index (χ0v) is 14.3. The molecule has 2 N–H and O–H groups in total. The Morgan fingerprint density at radius 2 is 1.46 bits per heavy atom. The predicted octanol–water partition coefficient (Wildman–Crippen LogP) is 4.59. The maximum atomic E-state index is 11.9. The molecule has 2 amide bonds. The van der Waals surface area contributed by atoms with Crippen LogP contribution in [0.1, 0.15) is 19.4 Å². The first-order chi connectivity index (χ1) is 11.4. The van der Waals surface area contributed by atoms with Crippen molar-refractivity contribution in [1.82, 2.24) is 0 Å². The van der Waals surface area contributed by atoms with Gasteiger partial charge in [0.15, 0.2) is 0 Å². The van der Waals surface area contributed by atoms with Crippen LogP contribution in [0.25, 0.3) is 6.08 Å². The lowest BCUT2D eigenvalue weighted by molar-refractivity contribution is -0.119. The summed E-state index contributed by atoms with van der Waals surface area (Å²) in [6.07, 6.45) is 3.17. The van der Waals surface area contributed by atoms with E-state index in [4.69, 9.17) is 11.6 Å². The van der Waals surface area contributed by atoms with Crippen LogP contribution in [0.15, 0.2) is 54.6 Å². The maximum absolute atomic E-state index is 11.9. The standard InChI is InChI=1S/C19H19ClN2O2/c1-13(2)19(24)22-17-10-8-16(9-11-17)21-18(23)12-5-14-3-6-15(20)7-4-14/h3-13H,1-2H3,(H,21,23)(H,22,24)/b12-5+. The molecule has 0 aliphatic heterocycles. The van der Waals surface area contributed by atoms with Crippen molar-refractivity contribution in [2.24, 2.45) is 5.92 Å². The number of hydrogen-bond acceptors (Lipinski definition) is 2. The maximum Gasteiger partial charge on any atom is 0.248 e. The van der Waals surface area contributed by atoms with Crippen LogP contribution in [-0.4, -0.2) is 11.8 Å². The van der Waals surface area contributed by atoms with Gasteiger partial charge in [-0.1, -0.05) is 37.6 Å². The van der Waals surface area contributed by atoms with Gasteiger partial charge in [-0.3, -0.25) is 9.59 Å². The fraction of sp³-hybridized carbons (Fsp3) is 0.158. The first-order valence-corrected chi connectivity index (χ1v) is 7.97. The van der Waals surface area contributed by atoms with Gasteiger partial charge in [0.05, 0.1) is 0 Å². The number of halogens is 1. The lowest BCUT2D eigenvalue weighted by Gasteiger charge is -2.08. The number of amides is 2. The monoisotopic (exact) mass is 342 g/mol. The molecule has 0 radical (unpaired) electrons. The minimum absolute atomic E-state index is 0.0438. The van der Waals surface area contributed by atoms with Crippen LogP contribution in [0, 0.1) is 5.92 Å². The van der Waals surface area contributed by atoms with Crippen molar-refractivity contribution in [3.05, 3.63) is 65.2 Å². The van der Waals surface area contributed by atoms with Gasteiger partial charge in [0.1, 0.15) is 0 Å². The molecule has 124 valence electrons. The zero-order chi connectivity index (χ0) is 17.5. The Labute approximate surface area is 146 Å². The molecule has 0 aromatic heterocycles. The molecule has 0 aliphatic rings. The van der Waals surface area contributed by atoms with Crippen molar-refractivity contribution >= 4 is 40.9 Å². The zero-order valence-electron chi connectivity index (χ0n) is 13.5. The van der Waals surface area contributed by atoms with Crippen LogP contribution in [0.5, 0.6) is 0 Å². The highest BCUT2D eigenvalue weighted by Crippen LogP contribution is 2.15. The molecule has 5 heteroatoms. The molecule has 0 saturated heterocycles. The highest BCUT2D eigenvalue weighted by Gasteiger charge is 2.06. The first kappa shape index (κ1) is 17.8. The van der Waals surface area contributed by atoms with Gasteiger partial charge in [-0.15, -0.1) is 0 Å². The molecule has 0 spiro atoms. The second-order valence-electron chi connectivity index (χ2n) is 5.60. The van der Waals surface area contributed by atoms with Crippen LogP contribution in [-0.2, 0) is 9.59 Å². The van der Waals surface area contributed by atoms with E-state index in [1.807, 2.05) is 26.0 Å². The van der Waals surface area contributed by atoms with Gasteiger partial charge in [-0.05, 0) is 48.0 Å². The lowest BCUT2D eigenvalue weighted by Crippen LogP contribution is -2.17. The Bertz CT molecular complexity index is 735. The van der Waals surface area contributed by atoms with E-state index in [1.54, 1.807) is 42.5 Å². The van der Waals surface area contributed by atoms with Crippen LogP contribution in [0.4, 0.5) is 11.4 Å². The van der Waals surface area contributed by atoms with E-state index in [2.05, 4.69) is 10.6 Å².